The van der Waals surface area contributed by atoms with Gasteiger partial charge in [-0.1, -0.05) is 54.1 Å². The largest absolute Gasteiger partial charge is 0.365 e. The Kier molecular flexibility index (Phi) is 5.26. The lowest BCUT2D eigenvalue weighted by atomic mass is 10.1. The van der Waals surface area contributed by atoms with Crippen LogP contribution in [0.5, 0.6) is 0 Å². The van der Waals surface area contributed by atoms with Gasteiger partial charge in [-0.05, 0) is 41.6 Å². The predicted octanol–water partition coefficient (Wildman–Crippen LogP) is 5.13. The molecule has 0 aliphatic carbocycles. The van der Waals surface area contributed by atoms with Crippen molar-refractivity contribution in [1.82, 2.24) is 4.90 Å². The number of thiophene rings is 1. The Bertz CT molecular complexity index is 1110. The summed E-state index contributed by atoms with van der Waals surface area (Å²) < 4.78 is 0. The standard InChI is InChI=1S/C23H19ClN2O2S/c1-15-10-11-17(13-18(15)24)26-22(27)20(19-9-6-12-29-19)21(23(26)28)25(2)14-16-7-4-3-5-8-16/h3-13H,14H2,1-2H3. The number of nitrogens with zero attached hydrogens (tertiary/aromatic N) is 2. The van der Waals surface area contributed by atoms with Crippen LogP contribution in [0.15, 0.2) is 71.7 Å². The van der Waals surface area contributed by atoms with Gasteiger partial charge in [0.15, 0.2) is 0 Å². The van der Waals surface area contributed by atoms with Crippen molar-refractivity contribution < 1.29 is 9.59 Å². The number of rotatable bonds is 5. The van der Waals surface area contributed by atoms with Crippen molar-refractivity contribution in [1.29, 1.82) is 0 Å². The first kappa shape index (κ1) is 19.4. The Morgan fingerprint density at radius 3 is 2.41 bits per heavy atom. The summed E-state index contributed by atoms with van der Waals surface area (Å²) in [5.74, 6) is -0.663. The number of aryl methyl sites for hydroxylation is 1. The number of anilines is 1. The molecule has 4 nitrogen and oxygen atoms in total. The molecule has 0 radical (unpaired) electrons. The summed E-state index contributed by atoms with van der Waals surface area (Å²) in [6.07, 6.45) is 0. The maximum absolute atomic E-state index is 13.4. The van der Waals surface area contributed by atoms with E-state index in [-0.39, 0.29) is 11.8 Å². The van der Waals surface area contributed by atoms with Gasteiger partial charge in [0.25, 0.3) is 11.8 Å². The van der Waals surface area contributed by atoms with Crippen molar-refractivity contribution >= 4 is 46.0 Å². The average Bonchev–Trinajstić information content (AvgIpc) is 3.31. The molecule has 6 heteroatoms. The molecule has 1 aliphatic rings. The van der Waals surface area contributed by atoms with Crippen molar-refractivity contribution in [3.63, 3.8) is 0 Å². The number of hydrogen-bond acceptors (Lipinski definition) is 4. The predicted molar refractivity (Wildman–Crippen MR) is 118 cm³/mol. The van der Waals surface area contributed by atoms with Gasteiger partial charge in [-0.15, -0.1) is 11.3 Å². The molecule has 0 saturated carbocycles. The molecule has 2 aromatic carbocycles. The van der Waals surface area contributed by atoms with Gasteiger partial charge in [0, 0.05) is 23.5 Å². The first-order valence-electron chi connectivity index (χ1n) is 9.15. The molecular weight excluding hydrogens is 404 g/mol. The van der Waals surface area contributed by atoms with Gasteiger partial charge in [-0.2, -0.15) is 0 Å². The van der Waals surface area contributed by atoms with Gasteiger partial charge in [0.05, 0.1) is 11.3 Å². The number of imide groups is 1. The number of carbonyl (C=O) groups is 2. The van der Waals surface area contributed by atoms with Crippen molar-refractivity contribution in [2.45, 2.75) is 13.5 Å². The van der Waals surface area contributed by atoms with E-state index in [9.17, 15) is 9.59 Å². The van der Waals surface area contributed by atoms with Crippen molar-refractivity contribution in [2.75, 3.05) is 11.9 Å². The Hall–Kier alpha value is -2.89. The smallest absolute Gasteiger partial charge is 0.282 e. The van der Waals surface area contributed by atoms with Crippen molar-refractivity contribution in [3.8, 4) is 0 Å². The van der Waals surface area contributed by atoms with E-state index in [1.165, 1.54) is 16.2 Å². The first-order chi connectivity index (χ1) is 14.0. The highest BCUT2D eigenvalue weighted by atomic mass is 35.5. The summed E-state index contributed by atoms with van der Waals surface area (Å²) in [6.45, 7) is 2.40. The molecule has 0 spiro atoms. The van der Waals surface area contributed by atoms with Crippen molar-refractivity contribution in [3.05, 3.63) is 92.8 Å². The molecule has 1 aliphatic heterocycles. The van der Waals surface area contributed by atoms with Gasteiger partial charge in [0.2, 0.25) is 0 Å². The van der Waals surface area contributed by atoms with Crippen LogP contribution in [-0.2, 0) is 16.1 Å². The third-order valence-corrected chi connectivity index (χ3v) is 6.18. The second-order valence-corrected chi connectivity index (χ2v) is 8.28. The molecule has 0 atom stereocenters. The summed E-state index contributed by atoms with van der Waals surface area (Å²) in [5.41, 5.74) is 3.26. The number of hydrogen-bond donors (Lipinski definition) is 0. The number of likely N-dealkylation sites (N-methyl/N-ethyl adjacent to an activating group) is 1. The van der Waals surface area contributed by atoms with E-state index >= 15 is 0 Å². The van der Waals surface area contributed by atoms with E-state index in [1.807, 2.05) is 72.8 Å². The minimum Gasteiger partial charge on any atom is -0.365 e. The monoisotopic (exact) mass is 422 g/mol. The van der Waals surface area contributed by atoms with Gasteiger partial charge in [-0.3, -0.25) is 9.59 Å². The zero-order valence-corrected chi connectivity index (χ0v) is 17.6. The lowest BCUT2D eigenvalue weighted by Gasteiger charge is -2.21. The lowest BCUT2D eigenvalue weighted by Crippen LogP contribution is -2.34. The third kappa shape index (κ3) is 3.59. The molecule has 29 heavy (non-hydrogen) atoms. The van der Waals surface area contributed by atoms with Crippen LogP contribution >= 0.6 is 22.9 Å². The Labute approximate surface area is 178 Å². The molecule has 4 rings (SSSR count). The highest BCUT2D eigenvalue weighted by Gasteiger charge is 2.42. The van der Waals surface area contributed by atoms with Crippen LogP contribution in [0.1, 0.15) is 16.0 Å². The molecule has 0 N–H and O–H groups in total. The number of halogens is 1. The zero-order valence-electron chi connectivity index (χ0n) is 16.1. The van der Waals surface area contributed by atoms with E-state index in [0.29, 0.717) is 28.5 Å². The van der Waals surface area contributed by atoms with Crippen LogP contribution in [-0.4, -0.2) is 23.8 Å². The summed E-state index contributed by atoms with van der Waals surface area (Å²) >= 11 is 7.70. The van der Waals surface area contributed by atoms with Crippen molar-refractivity contribution in [2.24, 2.45) is 0 Å². The maximum Gasteiger partial charge on any atom is 0.282 e. The van der Waals surface area contributed by atoms with Crippen LogP contribution < -0.4 is 4.90 Å². The number of amides is 2. The highest BCUT2D eigenvalue weighted by Crippen LogP contribution is 2.37. The lowest BCUT2D eigenvalue weighted by molar-refractivity contribution is -0.120. The van der Waals surface area contributed by atoms with Gasteiger partial charge >= 0.3 is 0 Å². The minimum atomic E-state index is -0.336. The van der Waals surface area contributed by atoms with E-state index < -0.39 is 0 Å². The second kappa shape index (κ2) is 7.85. The molecule has 0 unspecified atom stereocenters. The van der Waals surface area contributed by atoms with Crippen LogP contribution in [0, 0.1) is 6.92 Å². The SMILES string of the molecule is Cc1ccc(N2C(=O)C(c3cccs3)=C(N(C)Cc3ccccc3)C2=O)cc1Cl. The van der Waals surface area contributed by atoms with E-state index in [0.717, 1.165) is 16.0 Å². The molecule has 2 amide bonds. The number of carbonyl (C=O) groups excluding carboxylic acids is 2. The van der Waals surface area contributed by atoms with E-state index in [4.69, 9.17) is 11.6 Å². The van der Waals surface area contributed by atoms with Crippen LogP contribution in [0.3, 0.4) is 0 Å². The quantitative estimate of drug-likeness (QED) is 0.535. The van der Waals surface area contributed by atoms with Gasteiger partial charge < -0.3 is 4.90 Å². The summed E-state index contributed by atoms with van der Waals surface area (Å²) in [6, 6.07) is 18.9. The normalized spacial score (nSPS) is 14.1. The molecular formula is C23H19ClN2O2S. The molecule has 3 aromatic rings. The zero-order chi connectivity index (χ0) is 20.5. The fourth-order valence-corrected chi connectivity index (χ4v) is 4.34. The fraction of sp³-hybridized carbons (Fsp3) is 0.130. The van der Waals surface area contributed by atoms with Crippen LogP contribution in [0.25, 0.3) is 5.57 Å². The maximum atomic E-state index is 13.4. The Morgan fingerprint density at radius 1 is 1.00 bits per heavy atom. The average molecular weight is 423 g/mol. The van der Waals surface area contributed by atoms with Gasteiger partial charge in [0.1, 0.15) is 5.70 Å². The Morgan fingerprint density at radius 2 is 1.76 bits per heavy atom. The Balaban J connectivity index is 1.77. The number of benzene rings is 2. The van der Waals surface area contributed by atoms with Crippen LogP contribution in [0.4, 0.5) is 5.69 Å². The van der Waals surface area contributed by atoms with E-state index in [1.54, 1.807) is 12.1 Å². The molecule has 0 saturated heterocycles. The van der Waals surface area contributed by atoms with E-state index in [2.05, 4.69) is 0 Å². The molecule has 0 bridgehead atoms. The summed E-state index contributed by atoms with van der Waals surface area (Å²) in [7, 11) is 1.84. The topological polar surface area (TPSA) is 40.6 Å². The fourth-order valence-electron chi connectivity index (χ4n) is 3.41. The third-order valence-electron chi connectivity index (χ3n) is 4.88. The van der Waals surface area contributed by atoms with Crippen LogP contribution in [0.2, 0.25) is 5.02 Å². The first-order valence-corrected chi connectivity index (χ1v) is 10.4. The molecule has 2 heterocycles. The summed E-state index contributed by atoms with van der Waals surface area (Å²) in [5, 5.41) is 2.42. The summed E-state index contributed by atoms with van der Waals surface area (Å²) in [4.78, 5) is 30.6. The molecule has 146 valence electrons. The minimum absolute atomic E-state index is 0.327. The molecule has 1 aromatic heterocycles. The second-order valence-electron chi connectivity index (χ2n) is 6.92. The molecule has 0 fully saturated rings. The van der Waals surface area contributed by atoms with Gasteiger partial charge in [-0.25, -0.2) is 4.90 Å². The highest BCUT2D eigenvalue weighted by molar-refractivity contribution is 7.11.